The molecular weight excluding hydrogens is 482 g/mol. The number of amides is 5. The molecule has 0 spiro atoms. The fourth-order valence-electron chi connectivity index (χ4n) is 2.85. The van der Waals surface area contributed by atoms with Crippen LogP contribution in [0.25, 0.3) is 0 Å². The zero-order chi connectivity index (χ0) is 28.2. The molecule has 0 aromatic rings. The number of aliphatic hydroxyl groups excluding tert-OH is 1. The lowest BCUT2D eigenvalue weighted by atomic mass is 9.98. The minimum atomic E-state index is -1.71. The van der Waals surface area contributed by atoms with E-state index in [1.807, 2.05) is 12.2 Å². The second-order valence-corrected chi connectivity index (χ2v) is 8.29. The molecule has 0 aromatic heterocycles. The summed E-state index contributed by atoms with van der Waals surface area (Å²) in [6, 6.07) is -5.63. The Morgan fingerprint density at radius 1 is 0.778 bits per heavy atom. The average molecular weight is 518 g/mol. The van der Waals surface area contributed by atoms with Crippen LogP contribution >= 0.6 is 0 Å². The van der Waals surface area contributed by atoms with Gasteiger partial charge in [-0.2, -0.15) is 0 Å². The van der Waals surface area contributed by atoms with E-state index in [1.54, 1.807) is 6.92 Å². The number of hydrogen-bond donors (Lipinski definition) is 8. The summed E-state index contributed by atoms with van der Waals surface area (Å²) in [5.41, 5.74) is 0. The van der Waals surface area contributed by atoms with Crippen LogP contribution in [0, 0.1) is 5.92 Å². The van der Waals surface area contributed by atoms with E-state index in [-0.39, 0.29) is 5.92 Å². The molecule has 0 aliphatic carbocycles. The highest BCUT2D eigenvalue weighted by Crippen LogP contribution is 2.08. The van der Waals surface area contributed by atoms with Crippen molar-refractivity contribution >= 4 is 41.5 Å². The molecule has 8 N–H and O–H groups in total. The molecule has 0 heterocycles. The van der Waals surface area contributed by atoms with Gasteiger partial charge in [-0.25, -0.2) is 0 Å². The minimum absolute atomic E-state index is 0.242. The Morgan fingerprint density at radius 2 is 1.36 bits per heavy atom. The molecule has 0 fully saturated rings. The Balaban J connectivity index is 5.30. The van der Waals surface area contributed by atoms with Crippen molar-refractivity contribution in [2.75, 3.05) is 6.54 Å². The summed E-state index contributed by atoms with van der Waals surface area (Å²) in [5, 5.41) is 39.0. The molecular formula is C21H35N5O10. The highest BCUT2D eigenvalue weighted by atomic mass is 16.4. The Labute approximate surface area is 207 Å². The molecule has 204 valence electrons. The fourth-order valence-corrected chi connectivity index (χ4v) is 2.85. The fraction of sp³-hybridized carbons (Fsp3) is 0.667. The van der Waals surface area contributed by atoms with Gasteiger partial charge in [0.15, 0.2) is 0 Å². The third-order valence-electron chi connectivity index (χ3n) is 5.10. The Morgan fingerprint density at radius 3 is 1.81 bits per heavy atom. The summed E-state index contributed by atoms with van der Waals surface area (Å²) in [6.07, 6.45) is -1.84. The number of hydrogen-bond acceptors (Lipinski definition) is 8. The van der Waals surface area contributed by atoms with E-state index in [4.69, 9.17) is 10.2 Å². The SMILES string of the molecule is CC[C@H](C)[C@H](NC(C)=O)C(=O)NCC(=O)N[C@H](C(=O)N[C@@H](CC(=O)O)C(=O)N[C@@H](C)C(=O)O)[C@@H](C)O. The highest BCUT2D eigenvalue weighted by molar-refractivity contribution is 5.96. The summed E-state index contributed by atoms with van der Waals surface area (Å²) in [5.74, 6) is -7.31. The van der Waals surface area contributed by atoms with Gasteiger partial charge in [0.2, 0.25) is 29.5 Å². The first kappa shape index (κ1) is 32.2. The first-order chi connectivity index (χ1) is 16.6. The van der Waals surface area contributed by atoms with Gasteiger partial charge in [-0.3, -0.25) is 33.6 Å². The molecule has 5 amide bonds. The first-order valence-electron chi connectivity index (χ1n) is 11.2. The van der Waals surface area contributed by atoms with E-state index in [0.717, 1.165) is 13.8 Å². The molecule has 36 heavy (non-hydrogen) atoms. The molecule has 0 saturated carbocycles. The van der Waals surface area contributed by atoms with E-state index in [2.05, 4.69) is 21.3 Å². The van der Waals surface area contributed by atoms with E-state index in [9.17, 15) is 38.7 Å². The van der Waals surface area contributed by atoms with Crippen LogP contribution in [-0.4, -0.2) is 93.6 Å². The molecule has 0 saturated heterocycles. The topological polar surface area (TPSA) is 240 Å². The molecule has 0 aliphatic rings. The van der Waals surface area contributed by atoms with Crippen molar-refractivity contribution < 1.29 is 48.9 Å². The van der Waals surface area contributed by atoms with Gasteiger partial charge in [-0.15, -0.1) is 0 Å². The second-order valence-electron chi connectivity index (χ2n) is 8.29. The van der Waals surface area contributed by atoms with Crippen molar-refractivity contribution in [2.45, 2.75) is 77.7 Å². The number of rotatable bonds is 15. The van der Waals surface area contributed by atoms with E-state index >= 15 is 0 Å². The van der Waals surface area contributed by atoms with Crippen LogP contribution < -0.4 is 26.6 Å². The normalized spacial score (nSPS) is 15.6. The third kappa shape index (κ3) is 11.6. The summed E-state index contributed by atoms with van der Waals surface area (Å²) in [4.78, 5) is 83.0. The largest absolute Gasteiger partial charge is 0.481 e. The monoisotopic (exact) mass is 517 g/mol. The van der Waals surface area contributed by atoms with Crippen LogP contribution in [0.4, 0.5) is 0 Å². The van der Waals surface area contributed by atoms with Crippen LogP contribution in [0.3, 0.4) is 0 Å². The number of carbonyl (C=O) groups excluding carboxylic acids is 5. The molecule has 0 radical (unpaired) electrons. The minimum Gasteiger partial charge on any atom is -0.481 e. The van der Waals surface area contributed by atoms with Gasteiger partial charge in [0.05, 0.1) is 19.1 Å². The molecule has 0 bridgehead atoms. The standard InChI is InChI=1S/C21H35N5O10/c1-6-9(2)16(24-12(5)28)19(33)22-8-14(29)26-17(11(4)27)20(34)25-13(7-15(30)31)18(32)23-10(3)21(35)36/h9-11,13,16-17,27H,6-8H2,1-5H3,(H,22,33)(H,23,32)(H,24,28)(H,25,34)(H,26,29)(H,30,31)(H,35,36)/t9-,10-,11+,13-,16-,17-/m0/s1. The Bertz CT molecular complexity index is 847. The third-order valence-corrected chi connectivity index (χ3v) is 5.10. The van der Waals surface area contributed by atoms with Gasteiger partial charge in [0.25, 0.3) is 0 Å². The predicted octanol–water partition coefficient (Wildman–Crippen LogP) is -2.93. The zero-order valence-electron chi connectivity index (χ0n) is 20.8. The number of carboxylic acids is 2. The van der Waals surface area contributed by atoms with Gasteiger partial charge in [-0.1, -0.05) is 20.3 Å². The Hall–Kier alpha value is -3.75. The second kappa shape index (κ2) is 15.3. The number of aliphatic hydroxyl groups is 1. The summed E-state index contributed by atoms with van der Waals surface area (Å²) < 4.78 is 0. The summed E-state index contributed by atoms with van der Waals surface area (Å²) >= 11 is 0. The lowest BCUT2D eigenvalue weighted by Crippen LogP contribution is -2.59. The molecule has 15 heteroatoms. The first-order valence-corrected chi connectivity index (χ1v) is 11.2. The van der Waals surface area contributed by atoms with Crippen molar-refractivity contribution in [3.05, 3.63) is 0 Å². The molecule has 0 aromatic carbocycles. The van der Waals surface area contributed by atoms with Gasteiger partial charge >= 0.3 is 11.9 Å². The van der Waals surface area contributed by atoms with Crippen molar-refractivity contribution in [1.82, 2.24) is 26.6 Å². The zero-order valence-corrected chi connectivity index (χ0v) is 20.8. The van der Waals surface area contributed by atoms with Crippen LogP contribution in [0.15, 0.2) is 0 Å². The van der Waals surface area contributed by atoms with Crippen molar-refractivity contribution in [1.29, 1.82) is 0 Å². The average Bonchev–Trinajstić information content (AvgIpc) is 2.77. The number of carboxylic acid groups (broad SMARTS) is 2. The maximum Gasteiger partial charge on any atom is 0.325 e. The maximum absolute atomic E-state index is 12.6. The smallest absolute Gasteiger partial charge is 0.325 e. The van der Waals surface area contributed by atoms with Gasteiger partial charge in [0.1, 0.15) is 24.2 Å². The van der Waals surface area contributed by atoms with E-state index < -0.39 is 84.7 Å². The number of aliphatic carboxylic acids is 2. The number of nitrogens with one attached hydrogen (secondary N) is 5. The van der Waals surface area contributed by atoms with Crippen LogP contribution in [0.5, 0.6) is 0 Å². The quantitative estimate of drug-likeness (QED) is 0.110. The summed E-state index contributed by atoms with van der Waals surface area (Å²) in [6.45, 7) is 6.45. The molecule has 0 aliphatic heterocycles. The maximum atomic E-state index is 12.6. The molecule has 0 rings (SSSR count). The molecule has 0 unspecified atom stereocenters. The van der Waals surface area contributed by atoms with E-state index in [1.165, 1.54) is 6.92 Å². The lowest BCUT2D eigenvalue weighted by molar-refractivity contribution is -0.143. The van der Waals surface area contributed by atoms with Crippen LogP contribution in [-0.2, 0) is 33.6 Å². The van der Waals surface area contributed by atoms with Gasteiger partial charge < -0.3 is 41.9 Å². The van der Waals surface area contributed by atoms with Crippen LogP contribution in [0.2, 0.25) is 0 Å². The van der Waals surface area contributed by atoms with Crippen molar-refractivity contribution in [2.24, 2.45) is 5.92 Å². The van der Waals surface area contributed by atoms with E-state index in [0.29, 0.717) is 6.42 Å². The summed E-state index contributed by atoms with van der Waals surface area (Å²) in [7, 11) is 0. The highest BCUT2D eigenvalue weighted by Gasteiger charge is 2.32. The van der Waals surface area contributed by atoms with Crippen LogP contribution in [0.1, 0.15) is 47.5 Å². The number of carbonyl (C=O) groups is 7. The predicted molar refractivity (Wildman–Crippen MR) is 123 cm³/mol. The Kier molecular flexibility index (Phi) is 13.7. The van der Waals surface area contributed by atoms with Crippen molar-refractivity contribution in [3.63, 3.8) is 0 Å². The van der Waals surface area contributed by atoms with Gasteiger partial charge in [-0.05, 0) is 19.8 Å². The molecule has 6 atom stereocenters. The molecule has 15 nitrogen and oxygen atoms in total. The lowest BCUT2D eigenvalue weighted by Gasteiger charge is -2.25. The van der Waals surface area contributed by atoms with Gasteiger partial charge in [0, 0.05) is 6.92 Å². The van der Waals surface area contributed by atoms with Crippen molar-refractivity contribution in [3.8, 4) is 0 Å².